The Labute approximate surface area is 168 Å². The molecule has 0 saturated heterocycles. The number of anilines is 1. The molecule has 9 nitrogen and oxygen atoms in total. The first-order valence-corrected chi connectivity index (χ1v) is 10.2. The molecule has 2 N–H and O–H groups in total. The van der Waals surface area contributed by atoms with Crippen LogP contribution in [0.4, 0.5) is 5.69 Å². The Bertz CT molecular complexity index is 1080. The summed E-state index contributed by atoms with van der Waals surface area (Å²) in [6.45, 7) is 2.04. The van der Waals surface area contributed by atoms with Crippen molar-refractivity contribution in [3.05, 3.63) is 66.2 Å². The van der Waals surface area contributed by atoms with Crippen molar-refractivity contribution in [1.29, 1.82) is 0 Å². The van der Waals surface area contributed by atoms with E-state index in [9.17, 15) is 13.2 Å². The van der Waals surface area contributed by atoms with Crippen LogP contribution in [-0.2, 0) is 27.9 Å². The van der Waals surface area contributed by atoms with Crippen molar-refractivity contribution >= 4 is 21.6 Å². The first-order chi connectivity index (χ1) is 13.9. The van der Waals surface area contributed by atoms with E-state index >= 15 is 0 Å². The van der Waals surface area contributed by atoms with E-state index in [1.54, 1.807) is 17.1 Å². The number of nitrogens with one attached hydrogen (secondary N) is 2. The predicted octanol–water partition coefficient (Wildman–Crippen LogP) is 1.77. The Hall–Kier alpha value is -3.24. The Balaban J connectivity index is 1.71. The van der Waals surface area contributed by atoms with Gasteiger partial charge in [0.05, 0.1) is 13.7 Å². The van der Waals surface area contributed by atoms with E-state index in [1.807, 2.05) is 24.3 Å². The van der Waals surface area contributed by atoms with Gasteiger partial charge in [0.25, 0.3) is 0 Å². The lowest BCUT2D eigenvalue weighted by atomic mass is 10.1. The van der Waals surface area contributed by atoms with Gasteiger partial charge in [-0.3, -0.25) is 4.79 Å². The minimum Gasteiger partial charge on any atom is -0.495 e. The maximum Gasteiger partial charge on any atom is 0.244 e. The molecule has 1 aromatic heterocycles. The Morgan fingerprint density at radius 2 is 1.86 bits per heavy atom. The molecule has 3 rings (SSSR count). The number of carbonyl (C=O) groups is 1. The van der Waals surface area contributed by atoms with Crippen molar-refractivity contribution in [2.45, 2.75) is 24.9 Å². The molecule has 0 aliphatic heterocycles. The summed E-state index contributed by atoms with van der Waals surface area (Å²) in [6.07, 6.45) is 3.10. The summed E-state index contributed by atoms with van der Waals surface area (Å²) < 4.78 is 35.0. The third-order valence-corrected chi connectivity index (χ3v) is 5.50. The summed E-state index contributed by atoms with van der Waals surface area (Å²) in [5.74, 6) is -0.104. The molecule has 0 atom stereocenters. The topological polar surface area (TPSA) is 115 Å². The molecule has 2 aromatic carbocycles. The molecule has 0 unspecified atom stereocenters. The minimum atomic E-state index is -3.86. The van der Waals surface area contributed by atoms with Crippen LogP contribution < -0.4 is 14.8 Å². The summed E-state index contributed by atoms with van der Waals surface area (Å²) in [5, 5.41) is 6.62. The van der Waals surface area contributed by atoms with Gasteiger partial charge in [-0.25, -0.2) is 22.8 Å². The van der Waals surface area contributed by atoms with E-state index < -0.39 is 10.0 Å². The summed E-state index contributed by atoms with van der Waals surface area (Å²) in [4.78, 5) is 15.1. The second-order valence-electron chi connectivity index (χ2n) is 6.28. The molecule has 0 aliphatic rings. The SMILES string of the molecule is COc1ccc(NC(C)=O)cc1S(=O)(=O)NCc1ccc(Cn2cncn2)cc1. The fourth-order valence-corrected chi connectivity index (χ4v) is 3.90. The number of methoxy groups -OCH3 is 1. The van der Waals surface area contributed by atoms with E-state index in [0.29, 0.717) is 12.2 Å². The van der Waals surface area contributed by atoms with Gasteiger partial charge in [0.15, 0.2) is 0 Å². The number of benzene rings is 2. The molecule has 10 heteroatoms. The molecular weight excluding hydrogens is 394 g/mol. The van der Waals surface area contributed by atoms with Crippen molar-refractivity contribution in [2.24, 2.45) is 0 Å². The number of amides is 1. The van der Waals surface area contributed by atoms with Crippen LogP contribution in [0.3, 0.4) is 0 Å². The first kappa shape index (κ1) is 20.5. The molecule has 152 valence electrons. The molecule has 1 amide bonds. The van der Waals surface area contributed by atoms with Gasteiger partial charge in [-0.2, -0.15) is 5.10 Å². The lowest BCUT2D eigenvalue weighted by Gasteiger charge is -2.13. The van der Waals surface area contributed by atoms with Crippen molar-refractivity contribution < 1.29 is 17.9 Å². The molecule has 29 heavy (non-hydrogen) atoms. The molecular formula is C19H21N5O4S. The molecule has 0 spiro atoms. The Morgan fingerprint density at radius 1 is 1.14 bits per heavy atom. The van der Waals surface area contributed by atoms with Crippen LogP contribution in [0.1, 0.15) is 18.1 Å². The largest absolute Gasteiger partial charge is 0.495 e. The van der Waals surface area contributed by atoms with Gasteiger partial charge >= 0.3 is 0 Å². The summed E-state index contributed by atoms with van der Waals surface area (Å²) in [7, 11) is -2.47. The molecule has 0 fully saturated rings. The van der Waals surface area contributed by atoms with Crippen LogP contribution in [-0.4, -0.2) is 36.2 Å². The van der Waals surface area contributed by atoms with Gasteiger partial charge in [0, 0.05) is 19.2 Å². The fraction of sp³-hybridized carbons (Fsp3) is 0.211. The average molecular weight is 415 g/mol. The zero-order chi connectivity index (χ0) is 20.9. The van der Waals surface area contributed by atoms with Crippen LogP contribution in [0.25, 0.3) is 0 Å². The second kappa shape index (κ2) is 8.84. The summed E-state index contributed by atoms with van der Waals surface area (Å²) >= 11 is 0. The highest BCUT2D eigenvalue weighted by Crippen LogP contribution is 2.27. The number of carbonyl (C=O) groups excluding carboxylic acids is 1. The number of hydrogen-bond acceptors (Lipinski definition) is 6. The average Bonchev–Trinajstić information content (AvgIpc) is 3.20. The van der Waals surface area contributed by atoms with Crippen molar-refractivity contribution in [3.8, 4) is 5.75 Å². The summed E-state index contributed by atoms with van der Waals surface area (Å²) in [5.41, 5.74) is 2.19. The van der Waals surface area contributed by atoms with E-state index in [4.69, 9.17) is 4.74 Å². The quantitative estimate of drug-likeness (QED) is 0.579. The van der Waals surface area contributed by atoms with E-state index in [0.717, 1.165) is 11.1 Å². The maximum atomic E-state index is 12.8. The number of rotatable bonds is 8. The van der Waals surface area contributed by atoms with E-state index in [-0.39, 0.29) is 23.1 Å². The van der Waals surface area contributed by atoms with Crippen LogP contribution >= 0.6 is 0 Å². The second-order valence-corrected chi connectivity index (χ2v) is 8.02. The number of ether oxygens (including phenoxy) is 1. The van der Waals surface area contributed by atoms with E-state index in [1.165, 1.54) is 32.5 Å². The van der Waals surface area contributed by atoms with Crippen LogP contribution in [0.15, 0.2) is 60.0 Å². The normalized spacial score (nSPS) is 11.2. The fourth-order valence-electron chi connectivity index (χ4n) is 2.69. The van der Waals surface area contributed by atoms with Gasteiger partial charge in [0.1, 0.15) is 23.3 Å². The maximum absolute atomic E-state index is 12.8. The highest BCUT2D eigenvalue weighted by molar-refractivity contribution is 7.89. The molecule has 3 aromatic rings. The molecule has 1 heterocycles. The Kier molecular flexibility index (Phi) is 6.25. The van der Waals surface area contributed by atoms with Crippen LogP contribution in [0.5, 0.6) is 5.75 Å². The first-order valence-electron chi connectivity index (χ1n) is 8.73. The smallest absolute Gasteiger partial charge is 0.244 e. The monoisotopic (exact) mass is 415 g/mol. The minimum absolute atomic E-state index is 0.0472. The molecule has 0 aliphatic carbocycles. The number of aromatic nitrogens is 3. The molecule has 0 radical (unpaired) electrons. The third kappa shape index (κ3) is 5.39. The molecule has 0 bridgehead atoms. The zero-order valence-electron chi connectivity index (χ0n) is 16.0. The predicted molar refractivity (Wildman–Crippen MR) is 107 cm³/mol. The van der Waals surface area contributed by atoms with Gasteiger partial charge in [0.2, 0.25) is 15.9 Å². The zero-order valence-corrected chi connectivity index (χ0v) is 16.8. The lowest BCUT2D eigenvalue weighted by Crippen LogP contribution is -2.24. The Morgan fingerprint density at radius 3 is 2.48 bits per heavy atom. The van der Waals surface area contributed by atoms with Crippen LogP contribution in [0, 0.1) is 0 Å². The van der Waals surface area contributed by atoms with Crippen molar-refractivity contribution in [1.82, 2.24) is 19.5 Å². The van der Waals surface area contributed by atoms with Gasteiger partial charge < -0.3 is 10.1 Å². The van der Waals surface area contributed by atoms with Crippen LogP contribution in [0.2, 0.25) is 0 Å². The number of nitrogens with zero attached hydrogens (tertiary/aromatic N) is 3. The van der Waals surface area contributed by atoms with E-state index in [2.05, 4.69) is 20.1 Å². The highest BCUT2D eigenvalue weighted by atomic mass is 32.2. The van der Waals surface area contributed by atoms with Crippen molar-refractivity contribution in [2.75, 3.05) is 12.4 Å². The number of hydrogen-bond donors (Lipinski definition) is 2. The lowest BCUT2D eigenvalue weighted by molar-refractivity contribution is -0.114. The van der Waals surface area contributed by atoms with Gasteiger partial charge in [-0.05, 0) is 29.3 Å². The van der Waals surface area contributed by atoms with Gasteiger partial charge in [-0.15, -0.1) is 0 Å². The standard InChI is InChI=1S/C19H21N5O4S/c1-14(25)23-17-7-8-18(28-2)19(9-17)29(26,27)22-10-15-3-5-16(6-4-15)11-24-13-20-12-21-24/h3-9,12-13,22H,10-11H2,1-2H3,(H,23,25). The van der Waals surface area contributed by atoms with Gasteiger partial charge in [-0.1, -0.05) is 24.3 Å². The molecule has 0 saturated carbocycles. The highest BCUT2D eigenvalue weighted by Gasteiger charge is 2.20. The summed E-state index contributed by atoms with van der Waals surface area (Å²) in [6, 6.07) is 11.9. The third-order valence-electron chi connectivity index (χ3n) is 4.07. The van der Waals surface area contributed by atoms with Crippen molar-refractivity contribution in [3.63, 3.8) is 0 Å². The number of sulfonamides is 1.